The Labute approximate surface area is 165 Å². The molecule has 0 bridgehead atoms. The molecule has 0 heterocycles. The zero-order valence-corrected chi connectivity index (χ0v) is 16.9. The van der Waals surface area contributed by atoms with E-state index >= 15 is 0 Å². The topological polar surface area (TPSA) is 75.7 Å². The smallest absolute Gasteiger partial charge is 0.338 e. The van der Waals surface area contributed by atoms with Crippen LogP contribution in [0.5, 0.6) is 0 Å². The second-order valence-electron chi connectivity index (χ2n) is 5.80. The van der Waals surface area contributed by atoms with E-state index < -0.39 is 16.0 Å². The third kappa shape index (κ3) is 6.23. The Balaban J connectivity index is 1.96. The number of nitrogens with zero attached hydrogens (tertiary/aromatic N) is 1. The molecule has 0 aliphatic heterocycles. The molecule has 0 aliphatic rings. The van der Waals surface area contributed by atoms with Crippen molar-refractivity contribution >= 4 is 33.3 Å². The Hall–Kier alpha value is -2.09. The van der Waals surface area contributed by atoms with Gasteiger partial charge in [0.05, 0.1) is 10.5 Å². The summed E-state index contributed by atoms with van der Waals surface area (Å²) in [4.78, 5) is 14.3. The maximum atomic E-state index is 12.3. The molecule has 0 saturated carbocycles. The number of sulfonamides is 1. The van der Waals surface area contributed by atoms with Crippen molar-refractivity contribution in [3.63, 3.8) is 0 Å². The lowest BCUT2D eigenvalue weighted by molar-refractivity contribution is 0.0466. The molecular weight excluding hydrogens is 388 g/mol. The van der Waals surface area contributed by atoms with Gasteiger partial charge >= 0.3 is 5.97 Å². The van der Waals surface area contributed by atoms with Gasteiger partial charge in [-0.3, -0.25) is 4.72 Å². The summed E-state index contributed by atoms with van der Waals surface area (Å²) in [7, 11) is -3.72. The molecule has 0 fully saturated rings. The van der Waals surface area contributed by atoms with Crippen LogP contribution in [0.2, 0.25) is 5.02 Å². The number of hydrogen-bond donors (Lipinski definition) is 1. The summed E-state index contributed by atoms with van der Waals surface area (Å²) in [6.07, 6.45) is 0. The van der Waals surface area contributed by atoms with Gasteiger partial charge in [-0.2, -0.15) is 0 Å². The van der Waals surface area contributed by atoms with Crippen molar-refractivity contribution in [1.82, 2.24) is 4.90 Å². The molecule has 1 N–H and O–H groups in total. The minimum Gasteiger partial charge on any atom is -0.461 e. The maximum absolute atomic E-state index is 12.3. The van der Waals surface area contributed by atoms with E-state index in [0.717, 1.165) is 13.1 Å². The molecule has 0 saturated heterocycles. The molecule has 27 heavy (non-hydrogen) atoms. The van der Waals surface area contributed by atoms with Gasteiger partial charge in [-0.15, -0.1) is 0 Å². The highest BCUT2D eigenvalue weighted by atomic mass is 35.5. The number of ether oxygens (including phenoxy) is 1. The van der Waals surface area contributed by atoms with Crippen LogP contribution in [0.3, 0.4) is 0 Å². The van der Waals surface area contributed by atoms with Gasteiger partial charge in [0.1, 0.15) is 6.61 Å². The zero-order chi connectivity index (χ0) is 19.9. The number of likely N-dealkylation sites (N-methyl/N-ethyl adjacent to an activating group) is 1. The molecule has 0 aliphatic carbocycles. The monoisotopic (exact) mass is 410 g/mol. The number of carbonyl (C=O) groups excluding carboxylic acids is 1. The fourth-order valence-electron chi connectivity index (χ4n) is 2.39. The molecule has 0 unspecified atom stereocenters. The maximum Gasteiger partial charge on any atom is 0.338 e. The van der Waals surface area contributed by atoms with Crippen LogP contribution < -0.4 is 4.72 Å². The van der Waals surface area contributed by atoms with Gasteiger partial charge in [-0.05, 0) is 61.6 Å². The van der Waals surface area contributed by atoms with Gasteiger partial charge in [0, 0.05) is 17.3 Å². The van der Waals surface area contributed by atoms with Crippen molar-refractivity contribution in [1.29, 1.82) is 0 Å². The molecule has 0 atom stereocenters. The van der Waals surface area contributed by atoms with Crippen LogP contribution in [-0.2, 0) is 14.8 Å². The normalized spacial score (nSPS) is 11.4. The molecule has 8 heteroatoms. The third-order valence-corrected chi connectivity index (χ3v) is 5.68. The van der Waals surface area contributed by atoms with Crippen LogP contribution >= 0.6 is 11.6 Å². The highest BCUT2D eigenvalue weighted by Crippen LogP contribution is 2.19. The Morgan fingerprint density at radius 2 is 1.63 bits per heavy atom. The van der Waals surface area contributed by atoms with Gasteiger partial charge in [-0.25, -0.2) is 13.2 Å². The van der Waals surface area contributed by atoms with Crippen LogP contribution in [0.1, 0.15) is 24.2 Å². The summed E-state index contributed by atoms with van der Waals surface area (Å²) < 4.78 is 32.4. The van der Waals surface area contributed by atoms with E-state index in [2.05, 4.69) is 23.5 Å². The number of nitrogens with one attached hydrogen (secondary N) is 1. The first-order chi connectivity index (χ1) is 12.9. The summed E-state index contributed by atoms with van der Waals surface area (Å²) in [5.74, 6) is -0.436. The number of halogens is 1. The Kier molecular flexibility index (Phi) is 7.65. The number of rotatable bonds is 9. The average Bonchev–Trinajstić information content (AvgIpc) is 2.66. The van der Waals surface area contributed by atoms with E-state index in [1.54, 1.807) is 0 Å². The van der Waals surface area contributed by atoms with Crippen LogP contribution in [0.15, 0.2) is 53.4 Å². The predicted molar refractivity (Wildman–Crippen MR) is 107 cm³/mol. The van der Waals surface area contributed by atoms with Crippen LogP contribution in [0, 0.1) is 0 Å². The van der Waals surface area contributed by atoms with Crippen molar-refractivity contribution in [3.05, 3.63) is 59.1 Å². The SMILES string of the molecule is CCN(CC)CCOC(=O)c1ccc(NS(=O)(=O)c2ccc(Cl)cc2)cc1. The molecular formula is C19H23ClN2O4S. The quantitative estimate of drug-likeness (QED) is 0.639. The van der Waals surface area contributed by atoms with E-state index in [1.807, 2.05) is 0 Å². The molecule has 0 amide bonds. The summed E-state index contributed by atoms with van der Waals surface area (Å²) in [5.41, 5.74) is 0.716. The van der Waals surface area contributed by atoms with Gasteiger partial charge in [0.25, 0.3) is 10.0 Å². The van der Waals surface area contributed by atoms with E-state index in [-0.39, 0.29) is 4.90 Å². The first-order valence-electron chi connectivity index (χ1n) is 8.63. The fraction of sp³-hybridized carbons (Fsp3) is 0.316. The summed E-state index contributed by atoms with van der Waals surface area (Å²) in [6, 6.07) is 12.0. The van der Waals surface area contributed by atoms with E-state index in [0.29, 0.717) is 29.4 Å². The van der Waals surface area contributed by atoms with Crippen molar-refractivity contribution in [2.24, 2.45) is 0 Å². The average molecular weight is 411 g/mol. The lowest BCUT2D eigenvalue weighted by atomic mass is 10.2. The number of benzene rings is 2. The summed E-state index contributed by atoms with van der Waals surface area (Å²) in [6.45, 7) is 6.89. The number of hydrogen-bond acceptors (Lipinski definition) is 5. The lowest BCUT2D eigenvalue weighted by Gasteiger charge is -2.17. The standard InChI is InChI=1S/C19H23ClN2O4S/c1-3-22(4-2)13-14-26-19(23)15-5-9-17(10-6-15)21-27(24,25)18-11-7-16(20)8-12-18/h5-12,21H,3-4,13-14H2,1-2H3. The fourth-order valence-corrected chi connectivity index (χ4v) is 3.58. The van der Waals surface area contributed by atoms with Crippen molar-refractivity contribution in [2.45, 2.75) is 18.7 Å². The number of carbonyl (C=O) groups is 1. The molecule has 146 valence electrons. The van der Waals surface area contributed by atoms with Crippen LogP contribution in [-0.4, -0.2) is 45.5 Å². The summed E-state index contributed by atoms with van der Waals surface area (Å²) >= 11 is 5.78. The number of anilines is 1. The van der Waals surface area contributed by atoms with E-state index in [4.69, 9.17) is 16.3 Å². The van der Waals surface area contributed by atoms with Crippen molar-refractivity contribution in [3.8, 4) is 0 Å². The van der Waals surface area contributed by atoms with Crippen LogP contribution in [0.25, 0.3) is 0 Å². The first kappa shape index (κ1) is 21.2. The molecule has 2 rings (SSSR count). The van der Waals surface area contributed by atoms with Gasteiger partial charge in [0.15, 0.2) is 0 Å². The third-order valence-electron chi connectivity index (χ3n) is 4.03. The zero-order valence-electron chi connectivity index (χ0n) is 15.3. The van der Waals surface area contributed by atoms with E-state index in [1.165, 1.54) is 48.5 Å². The lowest BCUT2D eigenvalue weighted by Crippen LogP contribution is -2.27. The minimum absolute atomic E-state index is 0.104. The molecule has 0 aromatic heterocycles. The van der Waals surface area contributed by atoms with Crippen LogP contribution in [0.4, 0.5) is 5.69 Å². The molecule has 0 radical (unpaired) electrons. The summed E-state index contributed by atoms with van der Waals surface area (Å²) in [5, 5.41) is 0.456. The van der Waals surface area contributed by atoms with Gasteiger partial charge < -0.3 is 9.64 Å². The van der Waals surface area contributed by atoms with Crippen molar-refractivity contribution in [2.75, 3.05) is 31.0 Å². The largest absolute Gasteiger partial charge is 0.461 e. The Bertz CT molecular complexity index is 848. The predicted octanol–water partition coefficient (Wildman–Crippen LogP) is 3.64. The second kappa shape index (κ2) is 9.73. The minimum atomic E-state index is -3.72. The molecule has 2 aromatic rings. The van der Waals surface area contributed by atoms with E-state index in [9.17, 15) is 13.2 Å². The Morgan fingerprint density at radius 1 is 1.04 bits per heavy atom. The highest BCUT2D eigenvalue weighted by molar-refractivity contribution is 7.92. The van der Waals surface area contributed by atoms with Crippen molar-refractivity contribution < 1.29 is 17.9 Å². The Morgan fingerprint density at radius 3 is 2.19 bits per heavy atom. The van der Waals surface area contributed by atoms with Gasteiger partial charge in [-0.1, -0.05) is 25.4 Å². The van der Waals surface area contributed by atoms with Gasteiger partial charge in [0.2, 0.25) is 0 Å². The molecule has 0 spiro atoms. The first-order valence-corrected chi connectivity index (χ1v) is 10.5. The number of esters is 1. The second-order valence-corrected chi connectivity index (χ2v) is 7.92. The highest BCUT2D eigenvalue weighted by Gasteiger charge is 2.15. The molecule has 6 nitrogen and oxygen atoms in total. The molecule has 2 aromatic carbocycles.